The second kappa shape index (κ2) is 6.42. The molecule has 1 amide bonds. The van der Waals surface area contributed by atoms with E-state index in [1.54, 1.807) is 24.3 Å². The zero-order chi connectivity index (χ0) is 12.8. The van der Waals surface area contributed by atoms with Crippen LogP contribution < -0.4 is 10.8 Å². The molecule has 0 aliphatic carbocycles. The van der Waals surface area contributed by atoms with E-state index in [2.05, 4.69) is 19.2 Å². The highest BCUT2D eigenvalue weighted by Gasteiger charge is 2.10. The molecule has 0 unspecified atom stereocenters. The normalized spacial score (nSPS) is 10.4. The summed E-state index contributed by atoms with van der Waals surface area (Å²) in [6, 6.07) is 6.45. The fourth-order valence-corrected chi connectivity index (χ4v) is 1.38. The Morgan fingerprint density at radius 3 is 2.35 bits per heavy atom. The molecule has 1 aromatic carbocycles. The van der Waals surface area contributed by atoms with Gasteiger partial charge in [0.15, 0.2) is 0 Å². The fourth-order valence-electron chi connectivity index (χ4n) is 1.38. The van der Waals surface area contributed by atoms with E-state index in [0.29, 0.717) is 23.5 Å². The van der Waals surface area contributed by atoms with Crippen LogP contribution in [0.15, 0.2) is 24.3 Å². The highest BCUT2D eigenvalue weighted by molar-refractivity contribution is 6.58. The van der Waals surface area contributed by atoms with E-state index in [-0.39, 0.29) is 5.91 Å². The Morgan fingerprint density at radius 1 is 1.29 bits per heavy atom. The molecule has 0 bridgehead atoms. The van der Waals surface area contributed by atoms with E-state index in [1.807, 2.05) is 0 Å². The van der Waals surface area contributed by atoms with Gasteiger partial charge in [-0.25, -0.2) is 0 Å². The molecule has 1 rings (SSSR count). The smallest absolute Gasteiger partial charge is 0.423 e. The number of nitrogens with one attached hydrogen (secondary N) is 1. The SMILES string of the molecule is CC(C)CCC(=O)Nc1ccc(B(O)O)cc1. The molecule has 0 aromatic heterocycles. The molecule has 0 saturated carbocycles. The van der Waals surface area contributed by atoms with Gasteiger partial charge in [0.05, 0.1) is 0 Å². The van der Waals surface area contributed by atoms with Crippen LogP contribution in [0.2, 0.25) is 0 Å². The van der Waals surface area contributed by atoms with Crippen molar-refractivity contribution in [3.63, 3.8) is 0 Å². The monoisotopic (exact) mass is 235 g/mol. The van der Waals surface area contributed by atoms with Crippen molar-refractivity contribution >= 4 is 24.2 Å². The molecular formula is C12H18BNO3. The molecule has 17 heavy (non-hydrogen) atoms. The van der Waals surface area contributed by atoms with Crippen molar-refractivity contribution < 1.29 is 14.8 Å². The Kier molecular flexibility index (Phi) is 5.19. The van der Waals surface area contributed by atoms with Crippen molar-refractivity contribution in [3.8, 4) is 0 Å². The molecular weight excluding hydrogens is 217 g/mol. The molecule has 0 aliphatic rings. The van der Waals surface area contributed by atoms with E-state index in [1.165, 1.54) is 0 Å². The van der Waals surface area contributed by atoms with Gasteiger partial charge in [0, 0.05) is 12.1 Å². The Morgan fingerprint density at radius 2 is 1.88 bits per heavy atom. The number of hydrogen-bond donors (Lipinski definition) is 3. The van der Waals surface area contributed by atoms with Crippen LogP contribution in [-0.2, 0) is 4.79 Å². The fraction of sp³-hybridized carbons (Fsp3) is 0.417. The van der Waals surface area contributed by atoms with Crippen LogP contribution in [-0.4, -0.2) is 23.1 Å². The first-order valence-corrected chi connectivity index (χ1v) is 5.75. The summed E-state index contributed by atoms with van der Waals surface area (Å²) in [6.45, 7) is 4.15. The van der Waals surface area contributed by atoms with Gasteiger partial charge >= 0.3 is 7.12 Å². The summed E-state index contributed by atoms with van der Waals surface area (Å²) in [7, 11) is -1.47. The standard InChI is InChI=1S/C12H18BNO3/c1-9(2)3-8-12(15)14-11-6-4-10(5-7-11)13(16)17/h4-7,9,16-17H,3,8H2,1-2H3,(H,14,15). The molecule has 1 aromatic rings. The van der Waals surface area contributed by atoms with Crippen LogP contribution in [0, 0.1) is 5.92 Å². The van der Waals surface area contributed by atoms with E-state index in [4.69, 9.17) is 10.0 Å². The number of carbonyl (C=O) groups is 1. The van der Waals surface area contributed by atoms with Gasteiger partial charge in [-0.2, -0.15) is 0 Å². The van der Waals surface area contributed by atoms with Crippen LogP contribution in [0.3, 0.4) is 0 Å². The average Bonchev–Trinajstić information content (AvgIpc) is 2.27. The number of amides is 1. The predicted octanol–water partition coefficient (Wildman–Crippen LogP) is 0.741. The summed E-state index contributed by atoms with van der Waals surface area (Å²) >= 11 is 0. The number of hydrogen-bond acceptors (Lipinski definition) is 3. The molecule has 92 valence electrons. The van der Waals surface area contributed by atoms with Gasteiger partial charge in [-0.3, -0.25) is 4.79 Å². The zero-order valence-corrected chi connectivity index (χ0v) is 10.2. The molecule has 0 radical (unpaired) electrons. The van der Waals surface area contributed by atoms with Crippen molar-refractivity contribution in [2.75, 3.05) is 5.32 Å². The maximum atomic E-state index is 11.5. The minimum absolute atomic E-state index is 0.0176. The van der Waals surface area contributed by atoms with Crippen molar-refractivity contribution in [2.24, 2.45) is 5.92 Å². The Bertz CT molecular complexity index is 363. The number of carbonyl (C=O) groups excluding carboxylic acids is 1. The summed E-state index contributed by atoms with van der Waals surface area (Å²) in [5, 5.41) is 20.6. The minimum Gasteiger partial charge on any atom is -0.423 e. The maximum absolute atomic E-state index is 11.5. The lowest BCUT2D eigenvalue weighted by Crippen LogP contribution is -2.29. The summed E-state index contributed by atoms with van der Waals surface area (Å²) < 4.78 is 0. The molecule has 0 fully saturated rings. The van der Waals surface area contributed by atoms with Crippen LogP contribution in [0.25, 0.3) is 0 Å². The molecule has 0 heterocycles. The largest absolute Gasteiger partial charge is 0.488 e. The van der Waals surface area contributed by atoms with Gasteiger partial charge in [-0.05, 0) is 29.9 Å². The molecule has 4 nitrogen and oxygen atoms in total. The summed E-state index contributed by atoms with van der Waals surface area (Å²) in [4.78, 5) is 11.5. The van der Waals surface area contributed by atoms with Gasteiger partial charge in [-0.1, -0.05) is 26.0 Å². The minimum atomic E-state index is -1.47. The zero-order valence-electron chi connectivity index (χ0n) is 10.2. The van der Waals surface area contributed by atoms with Crippen molar-refractivity contribution in [2.45, 2.75) is 26.7 Å². The third-order valence-corrected chi connectivity index (χ3v) is 2.44. The average molecular weight is 235 g/mol. The Balaban J connectivity index is 2.48. The predicted molar refractivity (Wildman–Crippen MR) is 69.0 cm³/mol. The lowest BCUT2D eigenvalue weighted by molar-refractivity contribution is -0.116. The van der Waals surface area contributed by atoms with Gasteiger partial charge in [-0.15, -0.1) is 0 Å². The Labute approximate surface area is 102 Å². The van der Waals surface area contributed by atoms with E-state index < -0.39 is 7.12 Å². The third-order valence-electron chi connectivity index (χ3n) is 2.44. The van der Waals surface area contributed by atoms with Crippen molar-refractivity contribution in [3.05, 3.63) is 24.3 Å². The van der Waals surface area contributed by atoms with Gasteiger partial charge in [0.2, 0.25) is 5.91 Å². The van der Waals surface area contributed by atoms with E-state index >= 15 is 0 Å². The second-order valence-electron chi connectivity index (χ2n) is 4.48. The summed E-state index contributed by atoms with van der Waals surface area (Å²) in [5.41, 5.74) is 1.08. The van der Waals surface area contributed by atoms with E-state index in [0.717, 1.165) is 6.42 Å². The summed E-state index contributed by atoms with van der Waals surface area (Å²) in [5.74, 6) is 0.489. The van der Waals surface area contributed by atoms with Gasteiger partial charge in [0.25, 0.3) is 0 Å². The van der Waals surface area contributed by atoms with Crippen LogP contribution in [0.5, 0.6) is 0 Å². The van der Waals surface area contributed by atoms with E-state index in [9.17, 15) is 4.79 Å². The number of rotatable bonds is 5. The number of benzene rings is 1. The highest BCUT2D eigenvalue weighted by Crippen LogP contribution is 2.08. The lowest BCUT2D eigenvalue weighted by Gasteiger charge is -2.07. The molecule has 3 N–H and O–H groups in total. The topological polar surface area (TPSA) is 69.6 Å². The summed E-state index contributed by atoms with van der Waals surface area (Å²) in [6.07, 6.45) is 1.36. The highest BCUT2D eigenvalue weighted by atomic mass is 16.4. The van der Waals surface area contributed by atoms with Gasteiger partial charge < -0.3 is 15.4 Å². The molecule has 0 atom stereocenters. The molecule has 0 saturated heterocycles. The first kappa shape index (κ1) is 13.7. The van der Waals surface area contributed by atoms with Crippen molar-refractivity contribution in [1.29, 1.82) is 0 Å². The quantitative estimate of drug-likeness (QED) is 0.659. The maximum Gasteiger partial charge on any atom is 0.488 e. The molecule has 0 spiro atoms. The van der Waals surface area contributed by atoms with Gasteiger partial charge in [0.1, 0.15) is 0 Å². The van der Waals surface area contributed by atoms with Crippen LogP contribution in [0.4, 0.5) is 5.69 Å². The first-order chi connectivity index (χ1) is 7.99. The second-order valence-corrected chi connectivity index (χ2v) is 4.48. The lowest BCUT2D eigenvalue weighted by atomic mass is 9.80. The third kappa shape index (κ3) is 5.02. The van der Waals surface area contributed by atoms with Crippen LogP contribution in [0.1, 0.15) is 26.7 Å². The van der Waals surface area contributed by atoms with Crippen molar-refractivity contribution in [1.82, 2.24) is 0 Å². The molecule has 0 aliphatic heterocycles. The number of anilines is 1. The Hall–Kier alpha value is -1.33. The first-order valence-electron chi connectivity index (χ1n) is 5.75. The molecule has 5 heteroatoms. The van der Waals surface area contributed by atoms with Crippen LogP contribution >= 0.6 is 0 Å².